The van der Waals surface area contributed by atoms with E-state index in [4.69, 9.17) is 19.4 Å². The van der Waals surface area contributed by atoms with Crippen LogP contribution in [0, 0.1) is 0 Å². The molecule has 25 heavy (non-hydrogen) atoms. The number of H-pyrrole nitrogens is 2. The van der Waals surface area contributed by atoms with E-state index >= 15 is 0 Å². The van der Waals surface area contributed by atoms with Crippen LogP contribution in [0.4, 0.5) is 0 Å². The molecule has 2 aliphatic rings. The molecule has 0 aromatic carbocycles. The minimum atomic E-state index is -0.362. The second-order valence-electron chi connectivity index (χ2n) is 5.77. The van der Waals surface area contributed by atoms with Crippen molar-refractivity contribution in [2.75, 3.05) is 52.5 Å². The Labute approximate surface area is 144 Å². The fourth-order valence-electron chi connectivity index (χ4n) is 2.88. The van der Waals surface area contributed by atoms with E-state index in [0.29, 0.717) is 25.4 Å². The number of carboxylic acid groups (broad SMARTS) is 1. The monoisotopic (exact) mass is 356 g/mol. The molecule has 2 aliphatic heterocycles. The molecule has 2 saturated heterocycles. The van der Waals surface area contributed by atoms with Crippen molar-refractivity contribution < 1.29 is 24.2 Å². The fourth-order valence-corrected chi connectivity index (χ4v) is 2.88. The highest BCUT2D eigenvalue weighted by Crippen LogP contribution is 2.11. The zero-order chi connectivity index (χ0) is 18.1. The zero-order valence-corrected chi connectivity index (χ0v) is 14.0. The molecular weight excluding hydrogens is 332 g/mol. The van der Waals surface area contributed by atoms with Gasteiger partial charge in [0.1, 0.15) is 5.69 Å². The first-order chi connectivity index (χ1) is 12.1. The van der Waals surface area contributed by atoms with Crippen LogP contribution in [0.15, 0.2) is 11.0 Å². The minimum Gasteiger partial charge on any atom is -0.483 e. The molecular formula is C15H24N4O6. The van der Waals surface area contributed by atoms with E-state index in [2.05, 4.69) is 14.9 Å². The van der Waals surface area contributed by atoms with Gasteiger partial charge in [-0.1, -0.05) is 0 Å². The summed E-state index contributed by atoms with van der Waals surface area (Å²) in [5.74, 6) is -0.157. The maximum atomic E-state index is 12.5. The number of amides is 1. The second-order valence-corrected chi connectivity index (χ2v) is 5.77. The van der Waals surface area contributed by atoms with Gasteiger partial charge in [-0.05, 0) is 6.42 Å². The van der Waals surface area contributed by atoms with Crippen molar-refractivity contribution in [1.82, 2.24) is 19.8 Å². The molecule has 0 bridgehead atoms. The van der Waals surface area contributed by atoms with E-state index in [1.165, 1.54) is 6.20 Å². The largest absolute Gasteiger partial charge is 0.483 e. The summed E-state index contributed by atoms with van der Waals surface area (Å²) in [7, 11) is 0. The molecule has 1 unspecified atom stereocenters. The number of ether oxygens (including phenoxy) is 2. The van der Waals surface area contributed by atoms with Gasteiger partial charge < -0.3 is 29.4 Å². The normalized spacial score (nSPS) is 21.8. The number of hydrogen-bond donors (Lipinski definition) is 3. The quantitative estimate of drug-likeness (QED) is 0.591. The average Bonchev–Trinajstić information content (AvgIpc) is 2.91. The van der Waals surface area contributed by atoms with Crippen molar-refractivity contribution in [1.29, 1.82) is 0 Å². The highest BCUT2D eigenvalue weighted by molar-refractivity contribution is 5.92. The van der Waals surface area contributed by atoms with Gasteiger partial charge in [-0.15, -0.1) is 0 Å². The second kappa shape index (κ2) is 9.97. The van der Waals surface area contributed by atoms with Crippen LogP contribution in [0.1, 0.15) is 16.9 Å². The van der Waals surface area contributed by atoms with Gasteiger partial charge in [0, 0.05) is 45.5 Å². The van der Waals surface area contributed by atoms with Gasteiger partial charge in [-0.2, -0.15) is 0 Å². The molecule has 2 fully saturated rings. The molecule has 0 radical (unpaired) electrons. The summed E-state index contributed by atoms with van der Waals surface area (Å²) in [5.41, 5.74) is -0.0590. The summed E-state index contributed by atoms with van der Waals surface area (Å²) < 4.78 is 11.2. The standard InChI is InChI=1S/C14H22N4O4.CH2O2/c19-13(12-8-15-14(20)16-12)18-2-1-5-22-11(10-18)9-17-3-6-21-7-4-17;2-1-3/h8,11H,1-7,9-10H2,(H2,15,16,20);1H,(H,2,3). The van der Waals surface area contributed by atoms with Crippen LogP contribution >= 0.6 is 0 Å². The van der Waals surface area contributed by atoms with Gasteiger partial charge in [0.25, 0.3) is 12.4 Å². The molecule has 0 saturated carbocycles. The first kappa shape index (κ1) is 19.2. The molecule has 3 rings (SSSR count). The summed E-state index contributed by atoms with van der Waals surface area (Å²) in [6.07, 6.45) is 2.23. The van der Waals surface area contributed by atoms with E-state index in [-0.39, 0.29) is 24.2 Å². The average molecular weight is 356 g/mol. The van der Waals surface area contributed by atoms with Crippen molar-refractivity contribution >= 4 is 12.4 Å². The number of imidazole rings is 1. The lowest BCUT2D eigenvalue weighted by molar-refractivity contribution is -0.122. The molecule has 10 heteroatoms. The van der Waals surface area contributed by atoms with Crippen LogP contribution in [0.25, 0.3) is 0 Å². The molecule has 1 aromatic rings. The van der Waals surface area contributed by atoms with Crippen molar-refractivity contribution in [2.24, 2.45) is 0 Å². The van der Waals surface area contributed by atoms with Crippen molar-refractivity contribution in [3.8, 4) is 0 Å². The summed E-state index contributed by atoms with van der Waals surface area (Å²) in [6.45, 7) is 5.70. The first-order valence-electron chi connectivity index (χ1n) is 8.20. The third kappa shape index (κ3) is 6.00. The van der Waals surface area contributed by atoms with Crippen molar-refractivity contribution in [3.63, 3.8) is 0 Å². The van der Waals surface area contributed by atoms with Crippen molar-refractivity contribution in [3.05, 3.63) is 22.4 Å². The number of nitrogens with zero attached hydrogens (tertiary/aromatic N) is 2. The topological polar surface area (TPSA) is 128 Å². The maximum Gasteiger partial charge on any atom is 0.323 e. The lowest BCUT2D eigenvalue weighted by Gasteiger charge is -2.31. The number of carbonyl (C=O) groups excluding carboxylic acids is 1. The number of carbonyl (C=O) groups is 2. The Morgan fingerprint density at radius 1 is 1.32 bits per heavy atom. The van der Waals surface area contributed by atoms with Crippen LogP contribution in [-0.4, -0.2) is 95.9 Å². The van der Waals surface area contributed by atoms with Crippen LogP contribution < -0.4 is 5.69 Å². The SMILES string of the molecule is O=C(c1c[nH]c(=O)[nH]1)N1CCCOC(CN2CCOCC2)C1.O=CO. The predicted molar refractivity (Wildman–Crippen MR) is 87.6 cm³/mol. The van der Waals surface area contributed by atoms with Gasteiger partial charge in [0.15, 0.2) is 0 Å². The van der Waals surface area contributed by atoms with Gasteiger partial charge in [0.05, 0.1) is 19.3 Å². The highest BCUT2D eigenvalue weighted by atomic mass is 16.5. The molecule has 1 atom stereocenters. The van der Waals surface area contributed by atoms with E-state index in [1.54, 1.807) is 4.90 Å². The van der Waals surface area contributed by atoms with E-state index in [0.717, 1.165) is 39.3 Å². The minimum absolute atomic E-state index is 0.00443. The Kier molecular flexibility index (Phi) is 7.64. The summed E-state index contributed by atoms with van der Waals surface area (Å²) in [4.78, 5) is 41.0. The molecule has 1 amide bonds. The van der Waals surface area contributed by atoms with Crippen LogP contribution in [-0.2, 0) is 14.3 Å². The van der Waals surface area contributed by atoms with Gasteiger partial charge in [-0.3, -0.25) is 14.5 Å². The van der Waals surface area contributed by atoms with Gasteiger partial charge in [0.2, 0.25) is 0 Å². The Balaban J connectivity index is 0.000000701. The zero-order valence-electron chi connectivity index (χ0n) is 14.0. The molecule has 3 N–H and O–H groups in total. The number of aromatic nitrogens is 2. The molecule has 3 heterocycles. The Bertz CT molecular complexity index is 595. The molecule has 0 spiro atoms. The van der Waals surface area contributed by atoms with Gasteiger partial charge >= 0.3 is 5.69 Å². The van der Waals surface area contributed by atoms with Crippen LogP contribution in [0.2, 0.25) is 0 Å². The number of morpholine rings is 1. The number of aromatic amines is 2. The van der Waals surface area contributed by atoms with E-state index < -0.39 is 0 Å². The highest BCUT2D eigenvalue weighted by Gasteiger charge is 2.26. The number of nitrogens with one attached hydrogen (secondary N) is 2. The maximum absolute atomic E-state index is 12.5. The third-order valence-corrected chi connectivity index (χ3v) is 4.03. The first-order valence-corrected chi connectivity index (χ1v) is 8.20. The summed E-state index contributed by atoms with van der Waals surface area (Å²) in [5, 5.41) is 6.89. The van der Waals surface area contributed by atoms with E-state index in [9.17, 15) is 9.59 Å². The molecule has 10 nitrogen and oxygen atoms in total. The lowest BCUT2D eigenvalue weighted by Crippen LogP contribution is -2.46. The van der Waals surface area contributed by atoms with Gasteiger partial charge in [-0.25, -0.2) is 4.79 Å². The predicted octanol–water partition coefficient (Wildman–Crippen LogP) is -1.03. The lowest BCUT2D eigenvalue weighted by atomic mass is 10.2. The Morgan fingerprint density at radius 3 is 2.68 bits per heavy atom. The van der Waals surface area contributed by atoms with E-state index in [1.807, 2.05) is 0 Å². The molecule has 0 aliphatic carbocycles. The number of rotatable bonds is 3. The Hall–Kier alpha value is -2.17. The summed E-state index contributed by atoms with van der Waals surface area (Å²) in [6, 6.07) is 0. The van der Waals surface area contributed by atoms with Crippen LogP contribution in [0.5, 0.6) is 0 Å². The van der Waals surface area contributed by atoms with Crippen LogP contribution in [0.3, 0.4) is 0 Å². The smallest absolute Gasteiger partial charge is 0.323 e. The summed E-state index contributed by atoms with van der Waals surface area (Å²) >= 11 is 0. The fraction of sp³-hybridized carbons (Fsp3) is 0.667. The number of hydrogen-bond acceptors (Lipinski definition) is 6. The van der Waals surface area contributed by atoms with Crippen molar-refractivity contribution in [2.45, 2.75) is 12.5 Å². The molecule has 1 aromatic heterocycles. The molecule has 140 valence electrons. The Morgan fingerprint density at radius 2 is 2.04 bits per heavy atom. The third-order valence-electron chi connectivity index (χ3n) is 4.03.